The molecule has 0 radical (unpaired) electrons. The Balaban J connectivity index is 2.28. The minimum atomic E-state index is -2.20. The molecule has 0 aromatic carbocycles. The normalized spacial score (nSPS) is 32.1. The second-order valence-corrected chi connectivity index (χ2v) is 7.80. The van der Waals surface area contributed by atoms with E-state index in [1.807, 2.05) is 55.4 Å². The van der Waals surface area contributed by atoms with Crippen molar-refractivity contribution < 1.29 is 22.7 Å². The molecular formula is C14H29B2NO4. The van der Waals surface area contributed by atoms with Gasteiger partial charge in [0.1, 0.15) is 0 Å². The number of rotatable bonds is 3. The lowest BCUT2D eigenvalue weighted by atomic mass is 9.89. The van der Waals surface area contributed by atoms with Crippen molar-refractivity contribution in [2.24, 2.45) is 0 Å². The van der Waals surface area contributed by atoms with Gasteiger partial charge in [0.15, 0.2) is 0 Å². The van der Waals surface area contributed by atoms with E-state index in [0.717, 1.165) is 0 Å². The third-order valence-corrected chi connectivity index (χ3v) is 5.21. The van der Waals surface area contributed by atoms with Crippen LogP contribution in [0.2, 0.25) is 0 Å². The molecule has 120 valence electrons. The summed E-state index contributed by atoms with van der Waals surface area (Å²) >= 11 is 0. The minimum Gasteiger partial charge on any atom is -0.390 e. The molecule has 0 aromatic heterocycles. The van der Waals surface area contributed by atoms with E-state index in [2.05, 4.69) is 0 Å². The quantitative estimate of drug-likeness (QED) is 0.749. The maximum absolute atomic E-state index is 7.66. The molecular weight excluding hydrogens is 268 g/mol. The van der Waals surface area contributed by atoms with Crippen LogP contribution in [0.1, 0.15) is 66.4 Å². The van der Waals surface area contributed by atoms with Gasteiger partial charge in [-0.15, -0.1) is 0 Å². The maximum Gasteiger partial charge on any atom is 0.551 e. The van der Waals surface area contributed by atoms with Crippen molar-refractivity contribution in [3.05, 3.63) is 0 Å². The first kappa shape index (κ1) is 13.4. The van der Waals surface area contributed by atoms with Crippen LogP contribution in [0.5, 0.6) is 0 Å². The Labute approximate surface area is 134 Å². The molecule has 0 unspecified atom stereocenters. The Kier molecular flexibility index (Phi) is 3.16. The predicted octanol–water partition coefficient (Wildman–Crippen LogP) is 2.49. The van der Waals surface area contributed by atoms with Gasteiger partial charge in [0.2, 0.25) is 0 Å². The Bertz CT molecular complexity index is 429. The number of nitrogens with zero attached hydrogens (tertiary/aromatic N) is 1. The summed E-state index contributed by atoms with van der Waals surface area (Å²) in [6.45, 7) is 12.9. The van der Waals surface area contributed by atoms with Crippen LogP contribution in [0.3, 0.4) is 0 Å². The van der Waals surface area contributed by atoms with Crippen molar-refractivity contribution in [3.63, 3.8) is 0 Å². The van der Waals surface area contributed by atoms with Crippen molar-refractivity contribution in [1.82, 2.24) is 4.72 Å². The van der Waals surface area contributed by atoms with Gasteiger partial charge in [-0.1, -0.05) is 6.85 Å². The Hall–Kier alpha value is -0.0701. The standard InChI is InChI=1S/C14H29B2NO4/c1-10-17(15-18-11(2,3)12(4,5)19-15)16-20-13(6,7)14(8,9)21-16/h10H2,1-9H3/i1D3. The van der Waals surface area contributed by atoms with Crippen molar-refractivity contribution in [2.45, 2.75) is 84.6 Å². The van der Waals surface area contributed by atoms with Gasteiger partial charge in [-0.05, 0) is 61.9 Å². The average Bonchev–Trinajstić information content (AvgIpc) is 2.64. The smallest absolute Gasteiger partial charge is 0.390 e. The second kappa shape index (κ2) is 4.96. The largest absolute Gasteiger partial charge is 0.551 e. The van der Waals surface area contributed by atoms with E-state index in [1.54, 1.807) is 0 Å². The fourth-order valence-corrected chi connectivity index (χ4v) is 2.14. The van der Waals surface area contributed by atoms with Crippen LogP contribution in [0.25, 0.3) is 0 Å². The fraction of sp³-hybridized carbons (Fsp3) is 1.00. The van der Waals surface area contributed by atoms with Gasteiger partial charge >= 0.3 is 14.5 Å². The molecule has 7 heteroatoms. The molecule has 2 aliphatic rings. The molecule has 0 aliphatic carbocycles. The molecule has 0 atom stereocenters. The zero-order valence-electron chi connectivity index (χ0n) is 17.4. The van der Waals surface area contributed by atoms with Crippen LogP contribution in [0, 0.1) is 0 Å². The first-order valence-corrected chi connectivity index (χ1v) is 7.45. The molecule has 0 spiro atoms. The first-order valence-electron chi connectivity index (χ1n) is 8.95. The predicted molar refractivity (Wildman–Crippen MR) is 84.5 cm³/mol. The zero-order chi connectivity index (χ0) is 18.8. The summed E-state index contributed by atoms with van der Waals surface area (Å²) in [6.07, 6.45) is 0. The van der Waals surface area contributed by atoms with Gasteiger partial charge in [0.25, 0.3) is 0 Å². The highest BCUT2D eigenvalue weighted by atomic mass is 16.7. The van der Waals surface area contributed by atoms with Gasteiger partial charge in [-0.2, -0.15) is 0 Å². The molecule has 0 aromatic rings. The molecule has 2 rings (SSSR count). The monoisotopic (exact) mass is 300 g/mol. The minimum absolute atomic E-state index is 0.263. The Morgan fingerprint density at radius 3 is 1.24 bits per heavy atom. The van der Waals surface area contributed by atoms with E-state index in [-0.39, 0.29) is 6.54 Å². The third kappa shape index (κ3) is 2.79. The summed E-state index contributed by atoms with van der Waals surface area (Å²) < 4.78 is 48.5. The summed E-state index contributed by atoms with van der Waals surface area (Å²) in [5.74, 6) is 0. The van der Waals surface area contributed by atoms with Crippen LogP contribution in [-0.4, -0.2) is 48.2 Å². The van der Waals surface area contributed by atoms with Crippen molar-refractivity contribution in [3.8, 4) is 0 Å². The average molecular weight is 300 g/mol. The molecule has 0 N–H and O–H groups in total. The van der Waals surface area contributed by atoms with E-state index in [9.17, 15) is 0 Å². The van der Waals surface area contributed by atoms with Crippen LogP contribution >= 0.6 is 0 Å². The van der Waals surface area contributed by atoms with Gasteiger partial charge in [-0.25, -0.2) is 0 Å². The highest BCUT2D eigenvalue weighted by Gasteiger charge is 2.60. The first-order chi connectivity index (χ1) is 10.5. The molecule has 0 bridgehead atoms. The summed E-state index contributed by atoms with van der Waals surface area (Å²) in [6, 6.07) is 0. The van der Waals surface area contributed by atoms with Crippen LogP contribution in [0.4, 0.5) is 0 Å². The molecule has 5 nitrogen and oxygen atoms in total. The summed E-state index contributed by atoms with van der Waals surface area (Å²) in [4.78, 5) is 0. The van der Waals surface area contributed by atoms with E-state index in [1.165, 1.54) is 4.72 Å². The van der Waals surface area contributed by atoms with Gasteiger partial charge in [0, 0.05) is 4.11 Å². The van der Waals surface area contributed by atoms with Crippen molar-refractivity contribution >= 4 is 14.5 Å². The topological polar surface area (TPSA) is 40.2 Å². The van der Waals surface area contributed by atoms with Crippen molar-refractivity contribution in [2.75, 3.05) is 6.54 Å². The SMILES string of the molecule is [2H]C([2H])([2H])CN(B1OC(C)(C)C(C)(C)O1)B1OC(C)(C)C(C)(C)O1. The Morgan fingerprint density at radius 1 is 0.714 bits per heavy atom. The molecule has 0 saturated carbocycles. The third-order valence-electron chi connectivity index (χ3n) is 5.21. The Morgan fingerprint density at radius 2 is 1.00 bits per heavy atom. The van der Waals surface area contributed by atoms with E-state index >= 15 is 0 Å². The fourth-order valence-electron chi connectivity index (χ4n) is 2.14. The van der Waals surface area contributed by atoms with E-state index in [0.29, 0.717) is 0 Å². The molecule has 21 heavy (non-hydrogen) atoms. The van der Waals surface area contributed by atoms with Crippen LogP contribution < -0.4 is 0 Å². The van der Waals surface area contributed by atoms with Gasteiger partial charge in [0.05, 0.1) is 22.4 Å². The lowest BCUT2D eigenvalue weighted by molar-refractivity contribution is 0.00578. The van der Waals surface area contributed by atoms with E-state index < -0.39 is 43.8 Å². The lowest BCUT2D eigenvalue weighted by Gasteiger charge is -2.32. The van der Waals surface area contributed by atoms with Crippen molar-refractivity contribution in [1.29, 1.82) is 0 Å². The number of hydrogen-bond donors (Lipinski definition) is 0. The second-order valence-electron chi connectivity index (χ2n) is 7.80. The van der Waals surface area contributed by atoms with E-state index in [4.69, 9.17) is 22.7 Å². The molecule has 0 amide bonds. The highest BCUT2D eigenvalue weighted by molar-refractivity contribution is 6.60. The van der Waals surface area contributed by atoms with Gasteiger partial charge in [-0.3, -0.25) is 4.72 Å². The van der Waals surface area contributed by atoms with Crippen LogP contribution in [0.15, 0.2) is 0 Å². The molecule has 2 heterocycles. The highest BCUT2D eigenvalue weighted by Crippen LogP contribution is 2.41. The summed E-state index contributed by atoms with van der Waals surface area (Å²) in [5, 5.41) is 0. The molecule has 2 saturated heterocycles. The molecule has 2 aliphatic heterocycles. The van der Waals surface area contributed by atoms with Gasteiger partial charge < -0.3 is 18.6 Å². The molecule has 2 fully saturated rings. The zero-order valence-corrected chi connectivity index (χ0v) is 14.4. The summed E-state index contributed by atoms with van der Waals surface area (Å²) in [7, 11) is -1.71. The lowest BCUT2D eigenvalue weighted by Crippen LogP contribution is -2.53. The summed E-state index contributed by atoms with van der Waals surface area (Å²) in [5.41, 5.74) is -2.30. The maximum atomic E-state index is 7.66. The number of hydrogen-bond acceptors (Lipinski definition) is 5. The van der Waals surface area contributed by atoms with Crippen LogP contribution in [-0.2, 0) is 18.6 Å².